The highest BCUT2D eigenvalue weighted by atomic mass is 35.5. The molecule has 0 radical (unpaired) electrons. The van der Waals surface area contributed by atoms with Crippen LogP contribution in [0.25, 0.3) is 16.7 Å². The second-order valence-electron chi connectivity index (χ2n) is 5.54. The Kier molecular flexibility index (Phi) is 3.47. The fraction of sp³-hybridized carbons (Fsp3) is 0.235. The van der Waals surface area contributed by atoms with Gasteiger partial charge in [0.2, 0.25) is 0 Å². The molecule has 1 heterocycles. The predicted octanol–water partition coefficient (Wildman–Crippen LogP) is 4.32. The minimum atomic E-state index is -0.0269. The number of benzene rings is 2. The van der Waals surface area contributed by atoms with Gasteiger partial charge in [-0.05, 0) is 61.7 Å². The van der Waals surface area contributed by atoms with E-state index in [9.17, 15) is 0 Å². The zero-order valence-corrected chi connectivity index (χ0v) is 13.1. The largest absolute Gasteiger partial charge is 0.324 e. The average Bonchev–Trinajstić information content (AvgIpc) is 2.82. The van der Waals surface area contributed by atoms with E-state index in [0.29, 0.717) is 5.02 Å². The molecule has 2 N–H and O–H groups in total. The molecule has 3 aromatic rings. The van der Waals surface area contributed by atoms with Crippen LogP contribution in [0.1, 0.15) is 29.7 Å². The third-order valence-corrected chi connectivity index (χ3v) is 4.22. The van der Waals surface area contributed by atoms with E-state index >= 15 is 0 Å². The lowest BCUT2D eigenvalue weighted by atomic mass is 10.1. The molecule has 1 atom stereocenters. The van der Waals surface area contributed by atoms with Crippen LogP contribution in [0.5, 0.6) is 0 Å². The zero-order chi connectivity index (χ0) is 15.1. The Hall–Kier alpha value is -1.84. The van der Waals surface area contributed by atoms with Crippen molar-refractivity contribution in [1.29, 1.82) is 0 Å². The summed E-state index contributed by atoms with van der Waals surface area (Å²) in [6.45, 7) is 6.15. The van der Waals surface area contributed by atoms with E-state index in [2.05, 4.69) is 31.0 Å². The number of hydrogen-bond acceptors (Lipinski definition) is 2. The normalized spacial score (nSPS) is 12.8. The van der Waals surface area contributed by atoms with E-state index in [4.69, 9.17) is 17.3 Å². The predicted molar refractivity (Wildman–Crippen MR) is 88.2 cm³/mol. The first-order valence-corrected chi connectivity index (χ1v) is 7.35. The maximum Gasteiger partial charge on any atom is 0.100 e. The Balaban J connectivity index is 2.19. The summed E-state index contributed by atoms with van der Waals surface area (Å²) in [4.78, 5) is 4.48. The van der Waals surface area contributed by atoms with Crippen molar-refractivity contribution in [3.63, 3.8) is 0 Å². The van der Waals surface area contributed by atoms with Gasteiger partial charge in [0.25, 0.3) is 0 Å². The highest BCUT2D eigenvalue weighted by Crippen LogP contribution is 2.28. The molecule has 108 valence electrons. The van der Waals surface area contributed by atoms with Crippen LogP contribution in [0.3, 0.4) is 0 Å². The summed E-state index contributed by atoms with van der Waals surface area (Å²) < 4.78 is 2.02. The summed E-state index contributed by atoms with van der Waals surface area (Å²) in [5, 5.41) is 0.683. The van der Waals surface area contributed by atoms with Crippen LogP contribution >= 0.6 is 11.6 Å². The first-order chi connectivity index (χ1) is 9.97. The lowest BCUT2D eigenvalue weighted by Crippen LogP contribution is -2.05. The van der Waals surface area contributed by atoms with E-state index < -0.39 is 0 Å². The summed E-state index contributed by atoms with van der Waals surface area (Å²) >= 11 is 6.43. The quantitative estimate of drug-likeness (QED) is 0.766. The van der Waals surface area contributed by atoms with Gasteiger partial charge in [-0.25, -0.2) is 4.98 Å². The number of imidazole rings is 1. The van der Waals surface area contributed by atoms with E-state index in [1.807, 2.05) is 36.0 Å². The molecule has 0 unspecified atom stereocenters. The van der Waals surface area contributed by atoms with Gasteiger partial charge < -0.3 is 5.73 Å². The molecule has 0 saturated carbocycles. The molecule has 0 aliphatic heterocycles. The summed E-state index contributed by atoms with van der Waals surface area (Å²) in [5.74, 6) is 0. The Bertz CT molecular complexity index is 818. The summed E-state index contributed by atoms with van der Waals surface area (Å²) in [5.41, 5.74) is 12.4. The average molecular weight is 300 g/mol. The van der Waals surface area contributed by atoms with Crippen molar-refractivity contribution in [2.45, 2.75) is 26.8 Å². The maximum atomic E-state index is 6.43. The van der Waals surface area contributed by atoms with Gasteiger partial charge in [0.15, 0.2) is 0 Å². The number of aryl methyl sites for hydroxylation is 2. The van der Waals surface area contributed by atoms with Crippen molar-refractivity contribution in [1.82, 2.24) is 9.55 Å². The van der Waals surface area contributed by atoms with Gasteiger partial charge in [0, 0.05) is 6.04 Å². The summed E-state index contributed by atoms with van der Waals surface area (Å²) in [6.07, 6.45) is 1.82. The Morgan fingerprint density at radius 3 is 2.52 bits per heavy atom. The van der Waals surface area contributed by atoms with Crippen molar-refractivity contribution < 1.29 is 0 Å². The molecular formula is C17H18ClN3. The number of hydrogen-bond donors (Lipinski definition) is 1. The molecule has 3 nitrogen and oxygen atoms in total. The Morgan fingerprint density at radius 2 is 1.86 bits per heavy atom. The number of aromatic nitrogens is 2. The topological polar surface area (TPSA) is 43.8 Å². The van der Waals surface area contributed by atoms with Crippen LogP contribution in [-0.4, -0.2) is 9.55 Å². The van der Waals surface area contributed by atoms with Gasteiger partial charge >= 0.3 is 0 Å². The fourth-order valence-electron chi connectivity index (χ4n) is 2.46. The van der Waals surface area contributed by atoms with Gasteiger partial charge in [-0.3, -0.25) is 4.57 Å². The van der Waals surface area contributed by atoms with Crippen molar-refractivity contribution >= 4 is 22.6 Å². The standard InChI is InChI=1S/C17H18ClN3/c1-10-6-15-17(7-11(10)2)21(9-20-15)16-5-4-13(12(3)19)8-14(16)18/h4-9,12H,19H2,1-3H3/t12-/m0/s1. The smallest absolute Gasteiger partial charge is 0.100 e. The van der Waals surface area contributed by atoms with Crippen LogP contribution in [0.2, 0.25) is 5.02 Å². The molecule has 4 heteroatoms. The zero-order valence-electron chi connectivity index (χ0n) is 12.4. The van der Waals surface area contributed by atoms with Crippen molar-refractivity contribution in [2.75, 3.05) is 0 Å². The first-order valence-electron chi connectivity index (χ1n) is 6.97. The van der Waals surface area contributed by atoms with E-state index in [1.165, 1.54) is 11.1 Å². The van der Waals surface area contributed by atoms with Crippen molar-refractivity contribution in [3.05, 3.63) is 58.4 Å². The molecule has 2 aromatic carbocycles. The third kappa shape index (κ3) is 2.43. The highest BCUT2D eigenvalue weighted by molar-refractivity contribution is 6.32. The van der Waals surface area contributed by atoms with E-state index in [0.717, 1.165) is 22.3 Å². The molecule has 0 amide bonds. The monoisotopic (exact) mass is 299 g/mol. The summed E-state index contributed by atoms with van der Waals surface area (Å²) in [6, 6.07) is 10.2. The van der Waals surface area contributed by atoms with Gasteiger partial charge in [-0.2, -0.15) is 0 Å². The second-order valence-corrected chi connectivity index (χ2v) is 5.95. The lowest BCUT2D eigenvalue weighted by molar-refractivity contribution is 0.817. The molecule has 1 aromatic heterocycles. The number of fused-ring (bicyclic) bond motifs is 1. The number of nitrogens with zero attached hydrogens (tertiary/aromatic N) is 2. The molecule has 0 bridgehead atoms. The second kappa shape index (κ2) is 5.17. The lowest BCUT2D eigenvalue weighted by Gasteiger charge is -2.11. The van der Waals surface area contributed by atoms with Crippen LogP contribution in [0, 0.1) is 13.8 Å². The molecule has 0 spiro atoms. The van der Waals surface area contributed by atoms with Gasteiger partial charge in [0.05, 0.1) is 21.7 Å². The molecule has 21 heavy (non-hydrogen) atoms. The maximum absolute atomic E-state index is 6.43. The van der Waals surface area contributed by atoms with Gasteiger partial charge in [0.1, 0.15) is 6.33 Å². The van der Waals surface area contributed by atoms with Gasteiger partial charge in [-0.15, -0.1) is 0 Å². The summed E-state index contributed by atoms with van der Waals surface area (Å²) in [7, 11) is 0. The number of halogens is 1. The Labute approximate surface area is 129 Å². The van der Waals surface area contributed by atoms with E-state index in [-0.39, 0.29) is 6.04 Å². The SMILES string of the molecule is Cc1cc2ncn(-c3ccc([C@H](C)N)cc3Cl)c2cc1C. The number of rotatable bonds is 2. The molecule has 0 fully saturated rings. The molecule has 0 aliphatic carbocycles. The van der Waals surface area contributed by atoms with Crippen LogP contribution in [-0.2, 0) is 0 Å². The van der Waals surface area contributed by atoms with E-state index in [1.54, 1.807) is 0 Å². The van der Waals surface area contributed by atoms with Crippen LogP contribution in [0.4, 0.5) is 0 Å². The number of nitrogens with two attached hydrogens (primary N) is 1. The minimum Gasteiger partial charge on any atom is -0.324 e. The third-order valence-electron chi connectivity index (χ3n) is 3.92. The molecular weight excluding hydrogens is 282 g/mol. The van der Waals surface area contributed by atoms with Crippen LogP contribution < -0.4 is 5.73 Å². The van der Waals surface area contributed by atoms with Crippen molar-refractivity contribution in [2.24, 2.45) is 5.73 Å². The first kappa shape index (κ1) is 14.1. The minimum absolute atomic E-state index is 0.0269. The highest BCUT2D eigenvalue weighted by Gasteiger charge is 2.11. The van der Waals surface area contributed by atoms with Crippen molar-refractivity contribution in [3.8, 4) is 5.69 Å². The van der Waals surface area contributed by atoms with Crippen LogP contribution in [0.15, 0.2) is 36.7 Å². The molecule has 0 aliphatic rings. The Morgan fingerprint density at radius 1 is 1.14 bits per heavy atom. The fourth-order valence-corrected chi connectivity index (χ4v) is 2.74. The molecule has 0 saturated heterocycles. The molecule has 3 rings (SSSR count). The van der Waals surface area contributed by atoms with Gasteiger partial charge in [-0.1, -0.05) is 17.7 Å².